The van der Waals surface area contributed by atoms with E-state index in [-0.39, 0.29) is 5.91 Å². The molecule has 0 aliphatic heterocycles. The fourth-order valence-corrected chi connectivity index (χ4v) is 1.67. The molecule has 0 aliphatic rings. The summed E-state index contributed by atoms with van der Waals surface area (Å²) in [6.45, 7) is 0.388. The average Bonchev–Trinajstić information content (AvgIpc) is 2.47. The summed E-state index contributed by atoms with van der Waals surface area (Å²) in [6.07, 6.45) is 4.59. The number of hydrogen-bond acceptors (Lipinski definition) is 4. The third-order valence-corrected chi connectivity index (χ3v) is 2.64. The van der Waals surface area contributed by atoms with Crippen LogP contribution in [0.15, 0.2) is 42.9 Å². The molecule has 2 aromatic heterocycles. The van der Waals surface area contributed by atoms with Gasteiger partial charge in [-0.05, 0) is 18.2 Å². The van der Waals surface area contributed by atoms with Crippen LogP contribution in [0.2, 0.25) is 0 Å². The second-order valence-corrected chi connectivity index (χ2v) is 4.02. The lowest BCUT2D eigenvalue weighted by molar-refractivity contribution is 0.0782. The molecule has 0 atom stereocenters. The van der Waals surface area contributed by atoms with Gasteiger partial charge in [0.05, 0.1) is 23.4 Å². The Morgan fingerprint density at radius 1 is 1.37 bits per heavy atom. The van der Waals surface area contributed by atoms with Crippen molar-refractivity contribution in [2.75, 3.05) is 7.05 Å². The third kappa shape index (κ3) is 2.93. The van der Waals surface area contributed by atoms with Gasteiger partial charge in [-0.15, -0.1) is 0 Å². The maximum Gasteiger partial charge on any atom is 0.256 e. The lowest BCUT2D eigenvalue weighted by Gasteiger charge is -2.17. The van der Waals surface area contributed by atoms with Crippen molar-refractivity contribution < 1.29 is 4.79 Å². The zero-order valence-electron chi connectivity index (χ0n) is 10.4. The monoisotopic (exact) mass is 252 g/mol. The topological polar surface area (TPSA) is 69.9 Å². The SMILES string of the molecule is CN(Cc1ccccn1)C(=O)c1cnccc1C#N. The van der Waals surface area contributed by atoms with Gasteiger partial charge in [-0.3, -0.25) is 14.8 Å². The van der Waals surface area contributed by atoms with Crippen LogP contribution in [-0.4, -0.2) is 27.8 Å². The van der Waals surface area contributed by atoms with Crippen molar-refractivity contribution in [2.45, 2.75) is 6.54 Å². The quantitative estimate of drug-likeness (QED) is 0.832. The van der Waals surface area contributed by atoms with Crippen LogP contribution in [0.1, 0.15) is 21.6 Å². The fraction of sp³-hybridized carbons (Fsp3) is 0.143. The minimum atomic E-state index is -0.240. The van der Waals surface area contributed by atoms with Crippen LogP contribution in [0, 0.1) is 11.3 Å². The first-order valence-corrected chi connectivity index (χ1v) is 5.72. The van der Waals surface area contributed by atoms with Gasteiger partial charge in [0, 0.05) is 25.6 Å². The van der Waals surface area contributed by atoms with Gasteiger partial charge in [0.15, 0.2) is 0 Å². The van der Waals surface area contributed by atoms with Gasteiger partial charge in [-0.25, -0.2) is 0 Å². The zero-order chi connectivity index (χ0) is 13.7. The summed E-state index contributed by atoms with van der Waals surface area (Å²) in [5.41, 5.74) is 1.43. The number of amides is 1. The van der Waals surface area contributed by atoms with E-state index in [1.54, 1.807) is 13.2 Å². The number of nitrogens with zero attached hydrogens (tertiary/aromatic N) is 4. The Morgan fingerprint density at radius 2 is 2.21 bits per heavy atom. The summed E-state index contributed by atoms with van der Waals surface area (Å²) in [5.74, 6) is -0.240. The van der Waals surface area contributed by atoms with Crippen molar-refractivity contribution in [1.29, 1.82) is 5.26 Å². The van der Waals surface area contributed by atoms with E-state index in [9.17, 15) is 4.79 Å². The highest BCUT2D eigenvalue weighted by atomic mass is 16.2. The van der Waals surface area contributed by atoms with Crippen LogP contribution >= 0.6 is 0 Å². The molecule has 0 fully saturated rings. The Kier molecular flexibility index (Phi) is 3.84. The van der Waals surface area contributed by atoms with Gasteiger partial charge in [-0.2, -0.15) is 5.26 Å². The normalized spacial score (nSPS) is 9.68. The molecular formula is C14H12N4O. The first-order valence-electron chi connectivity index (χ1n) is 5.72. The van der Waals surface area contributed by atoms with Gasteiger partial charge >= 0.3 is 0 Å². The number of nitriles is 1. The van der Waals surface area contributed by atoms with Gasteiger partial charge < -0.3 is 4.90 Å². The van der Waals surface area contributed by atoms with E-state index in [4.69, 9.17) is 5.26 Å². The lowest BCUT2D eigenvalue weighted by atomic mass is 10.1. The molecule has 5 heteroatoms. The van der Waals surface area contributed by atoms with Crippen molar-refractivity contribution in [2.24, 2.45) is 0 Å². The molecule has 0 radical (unpaired) electrons. The van der Waals surface area contributed by atoms with Crippen LogP contribution < -0.4 is 0 Å². The number of pyridine rings is 2. The number of carbonyl (C=O) groups is 1. The maximum absolute atomic E-state index is 12.2. The van der Waals surface area contributed by atoms with E-state index < -0.39 is 0 Å². The van der Waals surface area contributed by atoms with Crippen molar-refractivity contribution in [3.05, 3.63) is 59.7 Å². The van der Waals surface area contributed by atoms with Gasteiger partial charge in [-0.1, -0.05) is 6.07 Å². The molecule has 0 bridgehead atoms. The molecule has 94 valence electrons. The molecular weight excluding hydrogens is 240 g/mol. The first kappa shape index (κ1) is 12.7. The number of carbonyl (C=O) groups excluding carboxylic acids is 1. The molecule has 2 aromatic rings. The Balaban J connectivity index is 2.18. The first-order chi connectivity index (χ1) is 9.22. The van der Waals surface area contributed by atoms with Crippen LogP contribution in [-0.2, 0) is 6.54 Å². The molecule has 19 heavy (non-hydrogen) atoms. The van der Waals surface area contributed by atoms with Crippen LogP contribution in [0.3, 0.4) is 0 Å². The van der Waals surface area contributed by atoms with Crippen molar-refractivity contribution in [1.82, 2.24) is 14.9 Å². The highest BCUT2D eigenvalue weighted by Crippen LogP contribution is 2.10. The van der Waals surface area contributed by atoms with Crippen molar-refractivity contribution in [3.8, 4) is 6.07 Å². The molecule has 2 rings (SSSR count). The average molecular weight is 252 g/mol. The molecule has 0 unspecified atom stereocenters. The second kappa shape index (κ2) is 5.74. The molecule has 2 heterocycles. The van der Waals surface area contributed by atoms with Crippen molar-refractivity contribution >= 4 is 5.91 Å². The van der Waals surface area contributed by atoms with E-state index in [0.29, 0.717) is 17.7 Å². The van der Waals surface area contributed by atoms with E-state index in [1.807, 2.05) is 24.3 Å². The van der Waals surface area contributed by atoms with E-state index in [2.05, 4.69) is 9.97 Å². The van der Waals surface area contributed by atoms with E-state index >= 15 is 0 Å². The Bertz CT molecular complexity index is 619. The summed E-state index contributed by atoms with van der Waals surface area (Å²) < 4.78 is 0. The van der Waals surface area contributed by atoms with Crippen molar-refractivity contribution in [3.63, 3.8) is 0 Å². The predicted molar refractivity (Wildman–Crippen MR) is 69.0 cm³/mol. The molecule has 1 amide bonds. The summed E-state index contributed by atoms with van der Waals surface area (Å²) in [4.78, 5) is 21.8. The number of aromatic nitrogens is 2. The Labute approximate surface area is 111 Å². The number of hydrogen-bond donors (Lipinski definition) is 0. The predicted octanol–water partition coefficient (Wildman–Crippen LogP) is 1.62. The lowest BCUT2D eigenvalue weighted by Crippen LogP contribution is -2.27. The smallest absolute Gasteiger partial charge is 0.256 e. The Hall–Kier alpha value is -2.74. The van der Waals surface area contributed by atoms with E-state index in [1.165, 1.54) is 23.4 Å². The standard InChI is InChI=1S/C14H12N4O/c1-18(10-12-4-2-3-6-17-12)14(19)13-9-16-7-5-11(13)8-15/h2-7,9H,10H2,1H3. The summed E-state index contributed by atoms with van der Waals surface area (Å²) in [7, 11) is 1.67. The molecule has 0 N–H and O–H groups in total. The summed E-state index contributed by atoms with van der Waals surface area (Å²) >= 11 is 0. The molecule has 0 spiro atoms. The molecule has 5 nitrogen and oxygen atoms in total. The minimum Gasteiger partial charge on any atom is -0.336 e. The fourth-order valence-electron chi connectivity index (χ4n) is 1.67. The third-order valence-electron chi connectivity index (χ3n) is 2.64. The van der Waals surface area contributed by atoms with Gasteiger partial charge in [0.25, 0.3) is 5.91 Å². The van der Waals surface area contributed by atoms with Crippen LogP contribution in [0.4, 0.5) is 0 Å². The maximum atomic E-state index is 12.2. The number of rotatable bonds is 3. The highest BCUT2D eigenvalue weighted by Gasteiger charge is 2.16. The Morgan fingerprint density at radius 3 is 2.89 bits per heavy atom. The molecule has 0 aromatic carbocycles. The van der Waals surface area contributed by atoms with Gasteiger partial charge in [0.2, 0.25) is 0 Å². The summed E-state index contributed by atoms with van der Waals surface area (Å²) in [5, 5.41) is 8.98. The zero-order valence-corrected chi connectivity index (χ0v) is 10.4. The second-order valence-electron chi connectivity index (χ2n) is 4.02. The molecule has 0 saturated carbocycles. The van der Waals surface area contributed by atoms with Crippen LogP contribution in [0.25, 0.3) is 0 Å². The molecule has 0 aliphatic carbocycles. The van der Waals surface area contributed by atoms with Gasteiger partial charge in [0.1, 0.15) is 6.07 Å². The summed E-state index contributed by atoms with van der Waals surface area (Å²) in [6, 6.07) is 9.05. The largest absolute Gasteiger partial charge is 0.336 e. The molecule has 0 saturated heterocycles. The minimum absolute atomic E-state index is 0.240. The van der Waals surface area contributed by atoms with E-state index in [0.717, 1.165) is 5.69 Å². The van der Waals surface area contributed by atoms with Crippen LogP contribution in [0.5, 0.6) is 0 Å². The highest BCUT2D eigenvalue weighted by molar-refractivity contribution is 5.96.